The minimum absolute atomic E-state index is 0.567. The van der Waals surface area contributed by atoms with E-state index < -0.39 is 0 Å². The van der Waals surface area contributed by atoms with Gasteiger partial charge in [-0.2, -0.15) is 0 Å². The van der Waals surface area contributed by atoms with Crippen molar-refractivity contribution in [2.75, 3.05) is 19.7 Å². The topological polar surface area (TPSA) is 29.5 Å². The van der Waals surface area contributed by atoms with E-state index in [1.807, 2.05) is 0 Å². The van der Waals surface area contributed by atoms with Crippen LogP contribution in [0.25, 0.3) is 0 Å². The molecule has 0 aromatic heterocycles. The summed E-state index contributed by atoms with van der Waals surface area (Å²) in [5.74, 6) is 1.62. The molecule has 3 nitrogen and oxygen atoms in total. The molecule has 3 heteroatoms. The average Bonchev–Trinajstić information content (AvgIpc) is 3.06. The van der Waals surface area contributed by atoms with Gasteiger partial charge in [0.1, 0.15) is 12.0 Å². The van der Waals surface area contributed by atoms with Crippen molar-refractivity contribution >= 4 is 6.29 Å². The first-order valence-electron chi connectivity index (χ1n) is 7.75. The Balaban J connectivity index is 1.75. The number of hydrogen-bond donors (Lipinski definition) is 0. The van der Waals surface area contributed by atoms with Crippen LogP contribution >= 0.6 is 0 Å². The first-order chi connectivity index (χ1) is 9.81. The number of rotatable bonds is 5. The van der Waals surface area contributed by atoms with Gasteiger partial charge in [-0.1, -0.05) is 25.5 Å². The molecule has 1 aromatic rings. The van der Waals surface area contributed by atoms with Crippen LogP contribution in [0.5, 0.6) is 5.75 Å². The number of carbonyl (C=O) groups excluding carboxylic acids is 1. The normalized spacial score (nSPS) is 25.4. The van der Waals surface area contributed by atoms with Crippen molar-refractivity contribution < 1.29 is 9.53 Å². The van der Waals surface area contributed by atoms with Crippen molar-refractivity contribution in [2.45, 2.75) is 44.6 Å². The average molecular weight is 273 g/mol. The highest BCUT2D eigenvalue weighted by Crippen LogP contribution is 2.36. The Hall–Kier alpha value is -1.35. The van der Waals surface area contributed by atoms with Gasteiger partial charge in [-0.15, -0.1) is 0 Å². The molecule has 0 aliphatic carbocycles. The van der Waals surface area contributed by atoms with E-state index in [-0.39, 0.29) is 0 Å². The zero-order valence-electron chi connectivity index (χ0n) is 12.2. The Labute approximate surface area is 120 Å². The fourth-order valence-corrected chi connectivity index (χ4v) is 3.64. The predicted molar refractivity (Wildman–Crippen MR) is 79.3 cm³/mol. The lowest BCUT2D eigenvalue weighted by Crippen LogP contribution is -2.31. The molecule has 20 heavy (non-hydrogen) atoms. The van der Waals surface area contributed by atoms with Crippen LogP contribution < -0.4 is 4.74 Å². The summed E-state index contributed by atoms with van der Waals surface area (Å²) in [5, 5.41) is 0. The van der Waals surface area contributed by atoms with Gasteiger partial charge in [0.2, 0.25) is 0 Å². The van der Waals surface area contributed by atoms with Crippen LogP contribution in [0.2, 0.25) is 0 Å². The first-order valence-corrected chi connectivity index (χ1v) is 7.75. The third-order valence-corrected chi connectivity index (χ3v) is 4.64. The Morgan fingerprint density at radius 3 is 3.15 bits per heavy atom. The fourth-order valence-electron chi connectivity index (χ4n) is 3.64. The fraction of sp³-hybridized carbons (Fsp3) is 0.588. The van der Waals surface area contributed by atoms with E-state index in [1.165, 1.54) is 30.4 Å². The lowest BCUT2D eigenvalue weighted by Gasteiger charge is -2.20. The van der Waals surface area contributed by atoms with Crippen molar-refractivity contribution in [3.8, 4) is 5.75 Å². The molecular formula is C17H23NO2. The molecule has 108 valence electrons. The van der Waals surface area contributed by atoms with Crippen LogP contribution in [-0.4, -0.2) is 36.9 Å². The summed E-state index contributed by atoms with van der Waals surface area (Å²) in [5.41, 5.74) is 2.77. The first kappa shape index (κ1) is 13.6. The Morgan fingerprint density at radius 1 is 1.45 bits per heavy atom. The summed E-state index contributed by atoms with van der Waals surface area (Å²) in [7, 11) is 0. The highest BCUT2D eigenvalue weighted by Gasteiger charge is 2.32. The molecule has 2 aliphatic heterocycles. The molecule has 1 saturated heterocycles. The van der Waals surface area contributed by atoms with Gasteiger partial charge in [-0.05, 0) is 36.0 Å². The second kappa shape index (κ2) is 5.96. The number of fused-ring (bicyclic) bond motifs is 1. The second-order valence-corrected chi connectivity index (χ2v) is 5.96. The molecule has 2 atom stereocenters. The van der Waals surface area contributed by atoms with E-state index in [4.69, 9.17) is 4.74 Å². The third-order valence-electron chi connectivity index (χ3n) is 4.64. The molecule has 2 heterocycles. The van der Waals surface area contributed by atoms with Gasteiger partial charge in [0.05, 0.1) is 13.2 Å². The van der Waals surface area contributed by atoms with Crippen LogP contribution in [0.3, 0.4) is 0 Å². The molecule has 0 N–H and O–H groups in total. The van der Waals surface area contributed by atoms with Crippen LogP contribution in [0, 0.1) is 0 Å². The summed E-state index contributed by atoms with van der Waals surface area (Å²) < 4.78 is 5.58. The summed E-state index contributed by atoms with van der Waals surface area (Å²) in [6.45, 7) is 4.64. The Bertz CT molecular complexity index is 486. The molecule has 1 fully saturated rings. The van der Waals surface area contributed by atoms with E-state index in [1.54, 1.807) is 0 Å². The van der Waals surface area contributed by atoms with Gasteiger partial charge in [0.15, 0.2) is 0 Å². The van der Waals surface area contributed by atoms with E-state index >= 15 is 0 Å². The van der Waals surface area contributed by atoms with Crippen LogP contribution in [0.1, 0.15) is 43.2 Å². The summed E-state index contributed by atoms with van der Waals surface area (Å²) in [6.07, 6.45) is 5.64. The smallest absolute Gasteiger partial charge is 0.133 e. The third kappa shape index (κ3) is 2.59. The highest BCUT2D eigenvalue weighted by atomic mass is 16.5. The number of carbonyl (C=O) groups is 1. The quantitative estimate of drug-likeness (QED) is 0.773. The molecule has 2 aliphatic rings. The number of hydrogen-bond acceptors (Lipinski definition) is 3. The second-order valence-electron chi connectivity index (χ2n) is 5.96. The SMILES string of the molecule is CCCC1CC(c2ccc3c(c2)CCO3)CN1CC=O. The summed E-state index contributed by atoms with van der Waals surface area (Å²) in [4.78, 5) is 13.2. The maximum atomic E-state index is 10.8. The van der Waals surface area contributed by atoms with Crippen molar-refractivity contribution in [3.63, 3.8) is 0 Å². The molecule has 0 amide bonds. The van der Waals surface area contributed by atoms with Gasteiger partial charge < -0.3 is 9.53 Å². The van der Waals surface area contributed by atoms with Crippen molar-refractivity contribution in [3.05, 3.63) is 29.3 Å². The zero-order chi connectivity index (χ0) is 13.9. The monoisotopic (exact) mass is 273 g/mol. The minimum atomic E-state index is 0.567. The van der Waals surface area contributed by atoms with Gasteiger partial charge >= 0.3 is 0 Å². The summed E-state index contributed by atoms with van der Waals surface area (Å²) in [6, 6.07) is 7.22. The van der Waals surface area contributed by atoms with E-state index in [9.17, 15) is 4.79 Å². The number of nitrogens with zero attached hydrogens (tertiary/aromatic N) is 1. The van der Waals surface area contributed by atoms with Crippen LogP contribution in [0.15, 0.2) is 18.2 Å². The molecule has 1 aromatic carbocycles. The lowest BCUT2D eigenvalue weighted by molar-refractivity contribution is -0.109. The highest BCUT2D eigenvalue weighted by molar-refractivity contribution is 5.52. The molecule has 0 bridgehead atoms. The van der Waals surface area contributed by atoms with E-state index in [0.717, 1.165) is 31.6 Å². The van der Waals surface area contributed by atoms with Crippen LogP contribution in [-0.2, 0) is 11.2 Å². The van der Waals surface area contributed by atoms with Crippen molar-refractivity contribution in [2.24, 2.45) is 0 Å². The number of likely N-dealkylation sites (tertiary alicyclic amines) is 1. The summed E-state index contributed by atoms with van der Waals surface area (Å²) >= 11 is 0. The van der Waals surface area contributed by atoms with Crippen molar-refractivity contribution in [1.29, 1.82) is 0 Å². The maximum Gasteiger partial charge on any atom is 0.133 e. The van der Waals surface area contributed by atoms with E-state index in [2.05, 4.69) is 30.0 Å². The Morgan fingerprint density at radius 2 is 2.35 bits per heavy atom. The maximum absolute atomic E-state index is 10.8. The largest absolute Gasteiger partial charge is 0.493 e. The molecular weight excluding hydrogens is 250 g/mol. The van der Waals surface area contributed by atoms with Gasteiger partial charge in [0.25, 0.3) is 0 Å². The standard InChI is InChI=1S/C17H23NO2/c1-2-3-16-11-15(12-18(16)7-8-19)13-4-5-17-14(10-13)6-9-20-17/h4-5,8,10,15-16H,2-3,6-7,9,11-12H2,1H3. The van der Waals surface area contributed by atoms with E-state index in [0.29, 0.717) is 18.5 Å². The predicted octanol–water partition coefficient (Wildman–Crippen LogP) is 2.78. The zero-order valence-corrected chi connectivity index (χ0v) is 12.2. The molecule has 0 spiro atoms. The van der Waals surface area contributed by atoms with Crippen LogP contribution in [0.4, 0.5) is 0 Å². The van der Waals surface area contributed by atoms with Crippen molar-refractivity contribution in [1.82, 2.24) is 4.90 Å². The Kier molecular flexibility index (Phi) is 4.06. The van der Waals surface area contributed by atoms with Gasteiger partial charge in [-0.25, -0.2) is 0 Å². The molecule has 0 radical (unpaired) electrons. The molecule has 2 unspecified atom stereocenters. The molecule has 0 saturated carbocycles. The van der Waals surface area contributed by atoms with Gasteiger partial charge in [-0.3, -0.25) is 4.90 Å². The van der Waals surface area contributed by atoms with Gasteiger partial charge in [0, 0.05) is 19.0 Å². The minimum Gasteiger partial charge on any atom is -0.493 e. The molecule has 3 rings (SSSR count). The lowest BCUT2D eigenvalue weighted by atomic mass is 9.93. The number of aldehydes is 1. The number of benzene rings is 1. The number of ether oxygens (including phenoxy) is 1.